The van der Waals surface area contributed by atoms with Gasteiger partial charge in [0.2, 0.25) is 5.91 Å². The van der Waals surface area contributed by atoms with Gasteiger partial charge in [-0.15, -0.1) is 0 Å². The third kappa shape index (κ3) is 1.99. The average molecular weight is 269 g/mol. The number of amides is 1. The minimum absolute atomic E-state index is 0.200. The number of carbonyl (C=O) groups excluding carboxylic acids is 1. The van der Waals surface area contributed by atoms with Crippen LogP contribution < -0.4 is 5.32 Å². The zero-order valence-corrected chi connectivity index (χ0v) is 11.5. The van der Waals surface area contributed by atoms with Gasteiger partial charge in [-0.2, -0.15) is 0 Å². The lowest BCUT2D eigenvalue weighted by atomic mass is 9.85. The van der Waals surface area contributed by atoms with Gasteiger partial charge in [-0.25, -0.2) is 4.98 Å². The number of aromatic nitrogens is 2. The van der Waals surface area contributed by atoms with Crippen LogP contribution in [0.4, 0.5) is 0 Å². The summed E-state index contributed by atoms with van der Waals surface area (Å²) < 4.78 is 2.32. The maximum atomic E-state index is 12.0. The Hall–Kier alpha value is -1.84. The Labute approximate surface area is 118 Å². The summed E-state index contributed by atoms with van der Waals surface area (Å²) in [4.78, 5) is 16.7. The molecular formula is C16H19N3O. The number of fused-ring (bicyclic) bond motifs is 1. The van der Waals surface area contributed by atoms with E-state index in [1.165, 1.54) is 24.8 Å². The van der Waals surface area contributed by atoms with Gasteiger partial charge in [-0.3, -0.25) is 4.79 Å². The Balaban J connectivity index is 1.58. The van der Waals surface area contributed by atoms with E-state index in [-0.39, 0.29) is 11.8 Å². The largest absolute Gasteiger partial charge is 0.349 e. The van der Waals surface area contributed by atoms with Crippen LogP contribution in [0.25, 0.3) is 11.0 Å². The zero-order valence-electron chi connectivity index (χ0n) is 11.5. The number of nitrogens with one attached hydrogen (secondary N) is 1. The molecule has 2 aromatic rings. The normalized spacial score (nSPS) is 19.0. The number of carbonyl (C=O) groups is 1. The minimum atomic E-state index is 0.200. The lowest BCUT2D eigenvalue weighted by Crippen LogP contribution is -2.34. The van der Waals surface area contributed by atoms with E-state index < -0.39 is 0 Å². The molecule has 0 radical (unpaired) electrons. The molecule has 20 heavy (non-hydrogen) atoms. The summed E-state index contributed by atoms with van der Waals surface area (Å²) in [5.41, 5.74) is 2.23. The van der Waals surface area contributed by atoms with Gasteiger partial charge in [0.25, 0.3) is 0 Å². The lowest BCUT2D eigenvalue weighted by molar-refractivity contribution is -0.127. The molecule has 2 saturated carbocycles. The van der Waals surface area contributed by atoms with Gasteiger partial charge < -0.3 is 9.88 Å². The molecule has 1 amide bonds. The quantitative estimate of drug-likeness (QED) is 0.927. The van der Waals surface area contributed by atoms with Crippen LogP contribution in [0.5, 0.6) is 0 Å². The van der Waals surface area contributed by atoms with E-state index in [1.54, 1.807) is 0 Å². The van der Waals surface area contributed by atoms with E-state index >= 15 is 0 Å². The van der Waals surface area contributed by atoms with Crippen molar-refractivity contribution in [3.05, 3.63) is 30.1 Å². The average Bonchev–Trinajstić information content (AvgIpc) is 3.15. The van der Waals surface area contributed by atoms with E-state index in [1.807, 2.05) is 12.1 Å². The number of imidazole rings is 1. The fourth-order valence-corrected chi connectivity index (χ4v) is 2.94. The predicted molar refractivity (Wildman–Crippen MR) is 77.2 cm³/mol. The highest BCUT2D eigenvalue weighted by atomic mass is 16.1. The molecule has 0 atom stereocenters. The second kappa shape index (κ2) is 4.62. The molecule has 104 valence electrons. The Morgan fingerprint density at radius 1 is 1.25 bits per heavy atom. The molecule has 2 fully saturated rings. The summed E-state index contributed by atoms with van der Waals surface area (Å²) in [5, 5.41) is 3.06. The van der Waals surface area contributed by atoms with Crippen molar-refractivity contribution in [2.75, 3.05) is 0 Å². The fraction of sp³-hybridized carbons (Fsp3) is 0.500. The highest BCUT2D eigenvalue weighted by molar-refractivity contribution is 5.80. The Kier molecular flexibility index (Phi) is 2.76. The molecule has 1 aromatic carbocycles. The van der Waals surface area contributed by atoms with E-state index in [2.05, 4.69) is 22.0 Å². The lowest BCUT2D eigenvalue weighted by Gasteiger charge is -2.24. The van der Waals surface area contributed by atoms with Crippen molar-refractivity contribution < 1.29 is 4.79 Å². The Morgan fingerprint density at radius 2 is 2.05 bits per heavy atom. The molecule has 1 aromatic heterocycles. The Morgan fingerprint density at radius 3 is 2.75 bits per heavy atom. The summed E-state index contributed by atoms with van der Waals surface area (Å²) in [5.74, 6) is 1.45. The van der Waals surface area contributed by atoms with Crippen LogP contribution in [0.2, 0.25) is 0 Å². The molecule has 4 heteroatoms. The molecule has 4 rings (SSSR count). The van der Waals surface area contributed by atoms with Crippen molar-refractivity contribution in [3.8, 4) is 0 Å². The van der Waals surface area contributed by atoms with Crippen molar-refractivity contribution in [3.63, 3.8) is 0 Å². The highest BCUT2D eigenvalue weighted by Crippen LogP contribution is 2.38. The third-order valence-electron chi connectivity index (χ3n) is 4.48. The summed E-state index contributed by atoms with van der Waals surface area (Å²) in [6.45, 7) is 0.556. The van der Waals surface area contributed by atoms with Gasteiger partial charge in [0.15, 0.2) is 0 Å². The minimum Gasteiger partial charge on any atom is -0.349 e. The van der Waals surface area contributed by atoms with Crippen LogP contribution in [0, 0.1) is 5.92 Å². The van der Waals surface area contributed by atoms with Crippen LogP contribution in [0.1, 0.15) is 44.0 Å². The van der Waals surface area contributed by atoms with Crippen molar-refractivity contribution in [1.82, 2.24) is 14.9 Å². The highest BCUT2D eigenvalue weighted by Gasteiger charge is 2.29. The van der Waals surface area contributed by atoms with Gasteiger partial charge >= 0.3 is 0 Å². The molecule has 2 aliphatic carbocycles. The van der Waals surface area contributed by atoms with E-state index in [0.29, 0.717) is 12.6 Å². The number of hydrogen-bond acceptors (Lipinski definition) is 2. The van der Waals surface area contributed by atoms with E-state index in [4.69, 9.17) is 4.98 Å². The smallest absolute Gasteiger partial charge is 0.223 e. The number of rotatable bonds is 4. The van der Waals surface area contributed by atoms with Crippen molar-refractivity contribution in [1.29, 1.82) is 0 Å². The molecule has 0 saturated heterocycles. The topological polar surface area (TPSA) is 46.9 Å². The predicted octanol–water partition coefficient (Wildman–Crippen LogP) is 2.79. The standard InChI is InChI=1S/C16H19N3O/c20-16(11-4-3-5-11)17-10-15-18-13-6-1-2-7-14(13)19(15)12-8-9-12/h1-2,6-7,11-12H,3-5,8-10H2,(H,17,20). The van der Waals surface area contributed by atoms with Gasteiger partial charge in [0, 0.05) is 12.0 Å². The molecule has 0 bridgehead atoms. The summed E-state index contributed by atoms with van der Waals surface area (Å²) >= 11 is 0. The van der Waals surface area contributed by atoms with Crippen LogP contribution in [-0.4, -0.2) is 15.5 Å². The van der Waals surface area contributed by atoms with Crippen LogP contribution in [0.3, 0.4) is 0 Å². The first-order valence-electron chi connectivity index (χ1n) is 7.56. The second-order valence-electron chi connectivity index (χ2n) is 5.96. The van der Waals surface area contributed by atoms with Gasteiger partial charge in [0.1, 0.15) is 5.82 Å². The number of nitrogens with zero attached hydrogens (tertiary/aromatic N) is 2. The molecule has 0 aliphatic heterocycles. The summed E-state index contributed by atoms with van der Waals surface area (Å²) in [6, 6.07) is 8.82. The van der Waals surface area contributed by atoms with Crippen LogP contribution >= 0.6 is 0 Å². The van der Waals surface area contributed by atoms with Crippen LogP contribution in [-0.2, 0) is 11.3 Å². The first-order chi connectivity index (χ1) is 9.83. The molecule has 4 nitrogen and oxygen atoms in total. The van der Waals surface area contributed by atoms with Crippen molar-refractivity contribution in [2.24, 2.45) is 5.92 Å². The SMILES string of the molecule is O=C(NCc1nc2ccccc2n1C1CC1)C1CCC1. The second-order valence-corrected chi connectivity index (χ2v) is 5.96. The van der Waals surface area contributed by atoms with Gasteiger partial charge in [-0.05, 0) is 37.8 Å². The van der Waals surface area contributed by atoms with Crippen LogP contribution in [0.15, 0.2) is 24.3 Å². The first-order valence-corrected chi connectivity index (χ1v) is 7.56. The summed E-state index contributed by atoms with van der Waals surface area (Å²) in [7, 11) is 0. The fourth-order valence-electron chi connectivity index (χ4n) is 2.94. The monoisotopic (exact) mass is 269 g/mol. The maximum Gasteiger partial charge on any atom is 0.223 e. The Bertz CT molecular complexity index is 653. The zero-order chi connectivity index (χ0) is 13.5. The number of benzene rings is 1. The number of para-hydroxylation sites is 2. The first kappa shape index (κ1) is 11.9. The third-order valence-corrected chi connectivity index (χ3v) is 4.48. The molecule has 1 N–H and O–H groups in total. The van der Waals surface area contributed by atoms with Crippen molar-refractivity contribution >= 4 is 16.9 Å². The maximum absolute atomic E-state index is 12.0. The van der Waals surface area contributed by atoms with Gasteiger partial charge in [-0.1, -0.05) is 18.6 Å². The van der Waals surface area contributed by atoms with E-state index in [0.717, 1.165) is 24.2 Å². The molecule has 1 heterocycles. The molecule has 2 aliphatic rings. The van der Waals surface area contributed by atoms with E-state index in [9.17, 15) is 4.79 Å². The molecular weight excluding hydrogens is 250 g/mol. The molecule has 0 unspecified atom stereocenters. The molecule has 0 spiro atoms. The summed E-state index contributed by atoms with van der Waals surface area (Å²) in [6.07, 6.45) is 5.74. The number of hydrogen-bond donors (Lipinski definition) is 1. The van der Waals surface area contributed by atoms with Gasteiger partial charge in [0.05, 0.1) is 17.6 Å². The van der Waals surface area contributed by atoms with Crippen molar-refractivity contribution in [2.45, 2.75) is 44.7 Å².